The second kappa shape index (κ2) is 8.21. The third kappa shape index (κ3) is 4.74. The number of anilines is 1. The van der Waals surface area contributed by atoms with Crippen LogP contribution in [0, 0.1) is 5.92 Å². The number of nitrogen functional groups attached to an aromatic ring is 1. The van der Waals surface area contributed by atoms with E-state index in [1.807, 2.05) is 24.3 Å². The van der Waals surface area contributed by atoms with Crippen LogP contribution in [0.3, 0.4) is 0 Å². The number of carboxylic acid groups (broad SMARTS) is 1. The molecule has 0 fully saturated rings. The molecule has 0 radical (unpaired) electrons. The number of benzene rings is 2. The van der Waals surface area contributed by atoms with Crippen molar-refractivity contribution in [2.45, 2.75) is 25.9 Å². The Morgan fingerprint density at radius 3 is 2.38 bits per heavy atom. The highest BCUT2D eigenvalue weighted by atomic mass is 16.5. The quantitative estimate of drug-likeness (QED) is 0.538. The van der Waals surface area contributed by atoms with Gasteiger partial charge in [0.2, 0.25) is 0 Å². The topological polar surface area (TPSA) is 119 Å². The van der Waals surface area contributed by atoms with Gasteiger partial charge in [0, 0.05) is 24.2 Å². The molecule has 6 heteroatoms. The van der Waals surface area contributed by atoms with Crippen molar-refractivity contribution in [2.75, 3.05) is 18.9 Å². The number of ether oxygens (including phenoxy) is 1. The van der Waals surface area contributed by atoms with Gasteiger partial charge in [-0.25, -0.2) is 4.79 Å². The van der Waals surface area contributed by atoms with Crippen LogP contribution < -0.4 is 16.2 Å². The summed E-state index contributed by atoms with van der Waals surface area (Å²) < 4.78 is 5.65. The first-order valence-corrected chi connectivity index (χ1v) is 8.52. The number of carbonyl (C=O) groups is 1. The number of hydrogen-bond donors (Lipinski definition) is 4. The summed E-state index contributed by atoms with van der Waals surface area (Å²) in [6.07, 6.45) is 0.210. The molecule has 1 atom stereocenters. The first-order valence-electron chi connectivity index (χ1n) is 8.52. The predicted octanol–water partition coefficient (Wildman–Crippen LogP) is 2.39. The van der Waals surface area contributed by atoms with Gasteiger partial charge < -0.3 is 26.4 Å². The number of aromatic carboxylic acids is 1. The van der Waals surface area contributed by atoms with Crippen LogP contribution in [-0.2, 0) is 12.0 Å². The van der Waals surface area contributed by atoms with Crippen LogP contribution in [0.1, 0.15) is 35.3 Å². The van der Waals surface area contributed by atoms with Gasteiger partial charge in [0.1, 0.15) is 11.4 Å². The maximum Gasteiger partial charge on any atom is 0.335 e. The summed E-state index contributed by atoms with van der Waals surface area (Å²) in [4.78, 5) is 11.2. The maximum atomic E-state index is 11.2. The smallest absolute Gasteiger partial charge is 0.335 e. The van der Waals surface area contributed by atoms with Gasteiger partial charge in [-0.1, -0.05) is 26.0 Å². The van der Waals surface area contributed by atoms with E-state index in [-0.39, 0.29) is 18.5 Å². The van der Waals surface area contributed by atoms with Crippen LogP contribution in [-0.4, -0.2) is 29.3 Å². The molecule has 0 spiro atoms. The number of nitrogens with two attached hydrogens (primary N) is 2. The number of hydrogen-bond acceptors (Lipinski definition) is 5. The lowest BCUT2D eigenvalue weighted by molar-refractivity contribution is 0.0468. The van der Waals surface area contributed by atoms with E-state index in [1.165, 1.54) is 18.2 Å². The standard InChI is InChI=1S/C20H26N2O4/c1-13(2)11-26-16-6-3-14(4-7-16)10-20(25,12-21)17-9-15(19(23)24)5-8-18(17)22/h3-9,13,25H,10-12,21-22H2,1-2H3,(H,23,24). The molecule has 0 aliphatic heterocycles. The summed E-state index contributed by atoms with van der Waals surface area (Å²) in [5.41, 5.74) is 11.8. The average Bonchev–Trinajstić information content (AvgIpc) is 2.61. The van der Waals surface area contributed by atoms with E-state index >= 15 is 0 Å². The number of rotatable bonds is 8. The van der Waals surface area contributed by atoms with Crippen LogP contribution in [0.5, 0.6) is 5.75 Å². The third-order valence-electron chi connectivity index (χ3n) is 4.14. The predicted molar refractivity (Wildman–Crippen MR) is 101 cm³/mol. The monoisotopic (exact) mass is 358 g/mol. The van der Waals surface area contributed by atoms with E-state index in [0.29, 0.717) is 23.8 Å². The molecule has 6 nitrogen and oxygen atoms in total. The molecular formula is C20H26N2O4. The Morgan fingerprint density at radius 2 is 1.85 bits per heavy atom. The van der Waals surface area contributed by atoms with Crippen molar-refractivity contribution in [3.05, 3.63) is 59.2 Å². The molecule has 2 aromatic rings. The lowest BCUT2D eigenvalue weighted by Crippen LogP contribution is -2.38. The summed E-state index contributed by atoms with van der Waals surface area (Å²) in [6, 6.07) is 11.6. The highest BCUT2D eigenvalue weighted by Gasteiger charge is 2.31. The molecular weight excluding hydrogens is 332 g/mol. The van der Waals surface area contributed by atoms with Crippen molar-refractivity contribution in [2.24, 2.45) is 11.7 Å². The van der Waals surface area contributed by atoms with Gasteiger partial charge in [0.15, 0.2) is 0 Å². The summed E-state index contributed by atoms with van der Waals surface area (Å²) >= 11 is 0. The van der Waals surface area contributed by atoms with Gasteiger partial charge in [-0.3, -0.25) is 0 Å². The Morgan fingerprint density at radius 1 is 1.19 bits per heavy atom. The van der Waals surface area contributed by atoms with Crippen molar-refractivity contribution < 1.29 is 19.7 Å². The molecule has 0 bridgehead atoms. The molecule has 0 heterocycles. The third-order valence-corrected chi connectivity index (χ3v) is 4.14. The van der Waals surface area contributed by atoms with E-state index in [4.69, 9.17) is 16.2 Å². The fraction of sp³-hybridized carbons (Fsp3) is 0.350. The molecule has 0 aromatic heterocycles. The highest BCUT2D eigenvalue weighted by molar-refractivity contribution is 5.88. The molecule has 2 rings (SSSR count). The summed E-state index contributed by atoms with van der Waals surface area (Å²) in [5.74, 6) is 0.102. The fourth-order valence-corrected chi connectivity index (χ4v) is 2.67. The zero-order chi connectivity index (χ0) is 19.3. The molecule has 6 N–H and O–H groups in total. The first kappa shape index (κ1) is 19.8. The lowest BCUT2D eigenvalue weighted by Gasteiger charge is -2.29. The summed E-state index contributed by atoms with van der Waals surface area (Å²) in [6.45, 7) is 4.69. The molecule has 2 aromatic carbocycles. The van der Waals surface area contributed by atoms with Gasteiger partial charge in [0.05, 0.1) is 12.2 Å². The van der Waals surface area contributed by atoms with Crippen molar-refractivity contribution in [3.8, 4) is 5.75 Å². The first-order chi connectivity index (χ1) is 12.2. The summed E-state index contributed by atoms with van der Waals surface area (Å²) in [7, 11) is 0. The number of carboxylic acids is 1. The molecule has 26 heavy (non-hydrogen) atoms. The molecule has 0 saturated carbocycles. The molecule has 1 unspecified atom stereocenters. The van der Waals surface area contributed by atoms with Gasteiger partial charge in [-0.15, -0.1) is 0 Å². The van der Waals surface area contributed by atoms with Gasteiger partial charge in [0.25, 0.3) is 0 Å². The normalized spacial score (nSPS) is 13.4. The Bertz CT molecular complexity index is 759. The highest BCUT2D eigenvalue weighted by Crippen LogP contribution is 2.31. The Balaban J connectivity index is 2.25. The molecule has 0 amide bonds. The minimum atomic E-state index is -1.46. The van der Waals surface area contributed by atoms with E-state index in [2.05, 4.69) is 13.8 Å². The van der Waals surface area contributed by atoms with Gasteiger partial charge in [-0.2, -0.15) is 0 Å². The van der Waals surface area contributed by atoms with Crippen LogP contribution in [0.2, 0.25) is 0 Å². The van der Waals surface area contributed by atoms with Gasteiger partial charge in [-0.05, 0) is 41.8 Å². The minimum Gasteiger partial charge on any atom is -0.493 e. The van der Waals surface area contributed by atoms with E-state index in [0.717, 1.165) is 11.3 Å². The Labute approximate surface area is 153 Å². The molecule has 0 aliphatic rings. The van der Waals surface area contributed by atoms with Crippen LogP contribution in [0.15, 0.2) is 42.5 Å². The minimum absolute atomic E-state index is 0.0542. The Hall–Kier alpha value is -2.57. The molecule has 0 saturated heterocycles. The zero-order valence-electron chi connectivity index (χ0n) is 15.1. The zero-order valence-corrected chi connectivity index (χ0v) is 15.1. The largest absolute Gasteiger partial charge is 0.493 e. The van der Waals surface area contributed by atoms with E-state index in [1.54, 1.807) is 0 Å². The summed E-state index contributed by atoms with van der Waals surface area (Å²) in [5, 5.41) is 20.2. The lowest BCUT2D eigenvalue weighted by atomic mass is 9.85. The second-order valence-corrected chi connectivity index (χ2v) is 6.87. The van der Waals surface area contributed by atoms with Crippen molar-refractivity contribution >= 4 is 11.7 Å². The molecule has 0 aliphatic carbocycles. The van der Waals surface area contributed by atoms with Crippen molar-refractivity contribution in [3.63, 3.8) is 0 Å². The fourth-order valence-electron chi connectivity index (χ4n) is 2.67. The van der Waals surface area contributed by atoms with Crippen LogP contribution in [0.25, 0.3) is 0 Å². The van der Waals surface area contributed by atoms with Crippen molar-refractivity contribution in [1.82, 2.24) is 0 Å². The average molecular weight is 358 g/mol. The van der Waals surface area contributed by atoms with Crippen LogP contribution >= 0.6 is 0 Å². The Kier molecular flexibility index (Phi) is 6.23. The maximum absolute atomic E-state index is 11.2. The molecule has 140 valence electrons. The van der Waals surface area contributed by atoms with Crippen molar-refractivity contribution in [1.29, 1.82) is 0 Å². The number of aliphatic hydroxyl groups is 1. The van der Waals surface area contributed by atoms with E-state index < -0.39 is 11.6 Å². The second-order valence-electron chi connectivity index (χ2n) is 6.87. The van der Waals surface area contributed by atoms with Gasteiger partial charge >= 0.3 is 5.97 Å². The van der Waals surface area contributed by atoms with E-state index in [9.17, 15) is 15.0 Å². The van der Waals surface area contributed by atoms with Crippen LogP contribution in [0.4, 0.5) is 5.69 Å². The SMILES string of the molecule is CC(C)COc1ccc(CC(O)(CN)c2cc(C(=O)O)ccc2N)cc1.